The molecule has 1 atom stereocenters. The lowest BCUT2D eigenvalue weighted by molar-refractivity contribution is -0.119. The van der Waals surface area contributed by atoms with Gasteiger partial charge in [0.25, 0.3) is 0 Å². The van der Waals surface area contributed by atoms with Crippen molar-refractivity contribution in [3.8, 4) is 0 Å². The lowest BCUT2D eigenvalue weighted by Crippen LogP contribution is -2.34. The van der Waals surface area contributed by atoms with Gasteiger partial charge in [-0.1, -0.05) is 6.42 Å². The number of nitrogens with one attached hydrogen (secondary N) is 1. The van der Waals surface area contributed by atoms with Gasteiger partial charge < -0.3 is 5.32 Å². The highest BCUT2D eigenvalue weighted by Gasteiger charge is 2.14. The molecule has 2 rings (SSSR count). The Balaban J connectivity index is 1.64. The molecule has 0 radical (unpaired) electrons. The molecule has 0 spiro atoms. The fourth-order valence-corrected chi connectivity index (χ4v) is 2.54. The fraction of sp³-hybridized carbons (Fsp3) is 0.714. The molecular formula is C14H23N3O. The second-order valence-electron chi connectivity index (χ2n) is 5.17. The van der Waals surface area contributed by atoms with E-state index in [9.17, 15) is 4.79 Å². The molecule has 0 aromatic carbocycles. The lowest BCUT2D eigenvalue weighted by atomic mass is 9.98. The predicted molar refractivity (Wildman–Crippen MR) is 71.4 cm³/mol. The summed E-state index contributed by atoms with van der Waals surface area (Å²) in [4.78, 5) is 11.8. The maximum absolute atomic E-state index is 11.8. The summed E-state index contributed by atoms with van der Waals surface area (Å²) >= 11 is 0. The van der Waals surface area contributed by atoms with E-state index in [1.807, 2.05) is 17.8 Å². The van der Waals surface area contributed by atoms with Gasteiger partial charge in [-0.3, -0.25) is 9.48 Å². The van der Waals surface area contributed by atoms with Crippen molar-refractivity contribution in [2.45, 2.75) is 51.0 Å². The maximum Gasteiger partial charge on any atom is 0.133 e. The molecule has 4 heteroatoms. The molecule has 1 aliphatic heterocycles. The number of rotatable bonds is 6. The summed E-state index contributed by atoms with van der Waals surface area (Å²) in [5.41, 5.74) is 1.14. The number of carbonyl (C=O) groups excluding carboxylic acids is 1. The Morgan fingerprint density at radius 1 is 1.50 bits per heavy atom. The molecule has 1 N–H and O–H groups in total. The van der Waals surface area contributed by atoms with Crippen molar-refractivity contribution in [3.05, 3.63) is 18.0 Å². The zero-order chi connectivity index (χ0) is 12.8. The van der Waals surface area contributed by atoms with Crippen LogP contribution in [0.25, 0.3) is 0 Å². The van der Waals surface area contributed by atoms with E-state index < -0.39 is 0 Å². The summed E-state index contributed by atoms with van der Waals surface area (Å²) in [5, 5.41) is 7.60. The van der Waals surface area contributed by atoms with Crippen molar-refractivity contribution in [1.82, 2.24) is 15.1 Å². The van der Waals surface area contributed by atoms with Gasteiger partial charge >= 0.3 is 0 Å². The number of hydrogen-bond acceptors (Lipinski definition) is 3. The number of piperidine rings is 1. The second kappa shape index (κ2) is 6.69. The van der Waals surface area contributed by atoms with Gasteiger partial charge in [0.05, 0.1) is 0 Å². The average molecular weight is 249 g/mol. The van der Waals surface area contributed by atoms with Gasteiger partial charge in [0.15, 0.2) is 0 Å². The summed E-state index contributed by atoms with van der Waals surface area (Å²) in [6.45, 7) is 1.12. The highest BCUT2D eigenvalue weighted by atomic mass is 16.1. The van der Waals surface area contributed by atoms with Crippen LogP contribution in [0.1, 0.15) is 44.2 Å². The molecule has 0 aliphatic carbocycles. The Morgan fingerprint density at radius 2 is 2.39 bits per heavy atom. The van der Waals surface area contributed by atoms with Crippen molar-refractivity contribution >= 4 is 5.78 Å². The zero-order valence-corrected chi connectivity index (χ0v) is 11.2. The number of aryl methyl sites for hydroxylation is 2. The van der Waals surface area contributed by atoms with Gasteiger partial charge in [-0.2, -0.15) is 5.10 Å². The maximum atomic E-state index is 11.8. The quantitative estimate of drug-likeness (QED) is 0.837. The van der Waals surface area contributed by atoms with Gasteiger partial charge in [-0.05, 0) is 38.3 Å². The molecular weight excluding hydrogens is 226 g/mol. The van der Waals surface area contributed by atoms with Crippen LogP contribution >= 0.6 is 0 Å². The standard InChI is InChI=1S/C14H23N3O/c1-17-13(9-11-16-17)6-8-14(18)7-5-12-4-2-3-10-15-12/h9,11-12,15H,2-8,10H2,1H3. The monoisotopic (exact) mass is 249 g/mol. The topological polar surface area (TPSA) is 46.9 Å². The van der Waals surface area contributed by atoms with Crippen molar-refractivity contribution in [3.63, 3.8) is 0 Å². The second-order valence-corrected chi connectivity index (χ2v) is 5.17. The molecule has 0 amide bonds. The first-order chi connectivity index (χ1) is 8.75. The predicted octanol–water partition coefficient (Wildman–Crippen LogP) is 1.84. The normalized spacial score (nSPS) is 19.9. The minimum atomic E-state index is 0.378. The van der Waals surface area contributed by atoms with E-state index in [1.165, 1.54) is 19.3 Å². The Hall–Kier alpha value is -1.16. The number of aromatic nitrogens is 2. The van der Waals surface area contributed by atoms with Crippen LogP contribution in [-0.2, 0) is 18.3 Å². The first-order valence-electron chi connectivity index (χ1n) is 6.97. The number of carbonyl (C=O) groups is 1. The third-order valence-corrected chi connectivity index (χ3v) is 3.77. The van der Waals surface area contributed by atoms with E-state index in [1.54, 1.807) is 6.20 Å². The summed E-state index contributed by atoms with van der Waals surface area (Å²) < 4.78 is 1.84. The highest BCUT2D eigenvalue weighted by Crippen LogP contribution is 2.13. The molecule has 0 bridgehead atoms. The number of nitrogens with zero attached hydrogens (tertiary/aromatic N) is 2. The molecule has 1 aliphatic rings. The van der Waals surface area contributed by atoms with Crippen LogP contribution in [0.3, 0.4) is 0 Å². The van der Waals surface area contributed by atoms with Crippen LogP contribution in [-0.4, -0.2) is 28.2 Å². The van der Waals surface area contributed by atoms with E-state index in [4.69, 9.17) is 0 Å². The summed E-state index contributed by atoms with van der Waals surface area (Å²) in [5.74, 6) is 0.378. The van der Waals surface area contributed by atoms with E-state index in [-0.39, 0.29) is 0 Å². The van der Waals surface area contributed by atoms with E-state index in [2.05, 4.69) is 10.4 Å². The summed E-state index contributed by atoms with van der Waals surface area (Å²) in [6.07, 6.45) is 8.78. The number of hydrogen-bond donors (Lipinski definition) is 1. The fourth-order valence-electron chi connectivity index (χ4n) is 2.54. The Bertz CT molecular complexity index is 380. The molecule has 1 saturated heterocycles. The first-order valence-corrected chi connectivity index (χ1v) is 6.97. The van der Waals surface area contributed by atoms with Gasteiger partial charge in [0.1, 0.15) is 5.78 Å². The van der Waals surface area contributed by atoms with Crippen LogP contribution in [0.5, 0.6) is 0 Å². The molecule has 1 aromatic rings. The highest BCUT2D eigenvalue weighted by molar-refractivity contribution is 5.78. The molecule has 18 heavy (non-hydrogen) atoms. The van der Waals surface area contributed by atoms with Crippen molar-refractivity contribution in [2.24, 2.45) is 7.05 Å². The smallest absolute Gasteiger partial charge is 0.133 e. The molecule has 2 heterocycles. The minimum Gasteiger partial charge on any atom is -0.314 e. The molecule has 0 saturated carbocycles. The molecule has 4 nitrogen and oxygen atoms in total. The van der Waals surface area contributed by atoms with Crippen LogP contribution in [0.4, 0.5) is 0 Å². The van der Waals surface area contributed by atoms with E-state index in [0.29, 0.717) is 18.2 Å². The van der Waals surface area contributed by atoms with E-state index >= 15 is 0 Å². The Morgan fingerprint density at radius 3 is 3.06 bits per heavy atom. The minimum absolute atomic E-state index is 0.378. The number of Topliss-reactive ketones (excluding diaryl/α,β-unsaturated/α-hetero) is 1. The SMILES string of the molecule is Cn1nccc1CCC(=O)CCC1CCCCN1. The molecule has 100 valence electrons. The summed E-state index contributed by atoms with van der Waals surface area (Å²) in [6, 6.07) is 2.55. The Kier molecular flexibility index (Phi) is 4.93. The van der Waals surface area contributed by atoms with Gasteiger partial charge in [-0.25, -0.2) is 0 Å². The van der Waals surface area contributed by atoms with E-state index in [0.717, 1.165) is 31.5 Å². The largest absolute Gasteiger partial charge is 0.314 e. The van der Waals surface area contributed by atoms with Crippen molar-refractivity contribution < 1.29 is 4.79 Å². The van der Waals surface area contributed by atoms with Crippen LogP contribution in [0.2, 0.25) is 0 Å². The summed E-state index contributed by atoms with van der Waals surface area (Å²) in [7, 11) is 1.92. The van der Waals surface area contributed by atoms with Crippen LogP contribution < -0.4 is 5.32 Å². The average Bonchev–Trinajstić information content (AvgIpc) is 2.81. The Labute approximate surface area is 109 Å². The third kappa shape index (κ3) is 3.95. The lowest BCUT2D eigenvalue weighted by Gasteiger charge is -2.22. The molecule has 1 unspecified atom stereocenters. The van der Waals surface area contributed by atoms with Gasteiger partial charge in [-0.15, -0.1) is 0 Å². The van der Waals surface area contributed by atoms with Crippen LogP contribution in [0, 0.1) is 0 Å². The van der Waals surface area contributed by atoms with Gasteiger partial charge in [0, 0.05) is 37.8 Å². The van der Waals surface area contributed by atoms with Gasteiger partial charge in [0.2, 0.25) is 0 Å². The molecule has 1 fully saturated rings. The van der Waals surface area contributed by atoms with Crippen LogP contribution in [0.15, 0.2) is 12.3 Å². The van der Waals surface area contributed by atoms with Crippen molar-refractivity contribution in [2.75, 3.05) is 6.54 Å². The zero-order valence-electron chi connectivity index (χ0n) is 11.2. The number of ketones is 1. The third-order valence-electron chi connectivity index (χ3n) is 3.77. The first kappa shape index (κ1) is 13.3. The molecule has 1 aromatic heterocycles. The van der Waals surface area contributed by atoms with Crippen molar-refractivity contribution in [1.29, 1.82) is 0 Å².